The van der Waals surface area contributed by atoms with Gasteiger partial charge in [-0.2, -0.15) is 0 Å². The number of fused-ring (bicyclic) bond motifs is 2. The van der Waals surface area contributed by atoms with Crippen molar-refractivity contribution < 1.29 is 19.0 Å². The second-order valence-electron chi connectivity index (χ2n) is 5.64. The zero-order valence-corrected chi connectivity index (χ0v) is 11.1. The number of carbonyl (C=O) groups excluding carboxylic acids is 1. The van der Waals surface area contributed by atoms with Crippen LogP contribution in [0.4, 0.5) is 0 Å². The summed E-state index contributed by atoms with van der Waals surface area (Å²) in [7, 11) is 0. The minimum atomic E-state index is 0.0687. The summed E-state index contributed by atoms with van der Waals surface area (Å²) in [6.07, 6.45) is 2.79. The first-order valence-electron chi connectivity index (χ1n) is 7.09. The van der Waals surface area contributed by atoms with Crippen LogP contribution in [0.5, 0.6) is 11.5 Å². The summed E-state index contributed by atoms with van der Waals surface area (Å²) in [5.41, 5.74) is 0.949. The lowest BCUT2D eigenvalue weighted by molar-refractivity contribution is -0.123. The highest BCUT2D eigenvalue weighted by molar-refractivity contribution is 5.79. The summed E-state index contributed by atoms with van der Waals surface area (Å²) in [5, 5.41) is 3.11. The van der Waals surface area contributed by atoms with Crippen LogP contribution in [0.25, 0.3) is 0 Å². The smallest absolute Gasteiger partial charge is 0.231 e. The maximum Gasteiger partial charge on any atom is 0.231 e. The van der Waals surface area contributed by atoms with Gasteiger partial charge >= 0.3 is 0 Å². The lowest BCUT2D eigenvalue weighted by atomic mass is 9.76. The molecule has 0 spiro atoms. The Bertz CT molecular complexity index is 545. The Hall–Kier alpha value is -1.75. The number of ether oxygens (including phenoxy) is 3. The summed E-state index contributed by atoms with van der Waals surface area (Å²) in [4.78, 5) is 12.1. The second-order valence-corrected chi connectivity index (χ2v) is 5.64. The first-order valence-corrected chi connectivity index (χ1v) is 7.09. The monoisotopic (exact) mass is 275 g/mol. The van der Waals surface area contributed by atoms with Crippen LogP contribution in [0.15, 0.2) is 18.2 Å². The van der Waals surface area contributed by atoms with Gasteiger partial charge < -0.3 is 19.5 Å². The Labute approximate surface area is 117 Å². The second kappa shape index (κ2) is 4.66. The molecule has 2 heterocycles. The molecule has 4 rings (SSSR count). The van der Waals surface area contributed by atoms with Crippen molar-refractivity contribution in [3.05, 3.63) is 23.8 Å². The fraction of sp³-hybridized carbons (Fsp3) is 0.533. The fourth-order valence-corrected chi connectivity index (χ4v) is 3.26. The fourth-order valence-electron chi connectivity index (χ4n) is 3.26. The predicted octanol–water partition coefficient (Wildman–Crippen LogP) is 1.25. The summed E-state index contributed by atoms with van der Waals surface area (Å²) < 4.78 is 16.1. The van der Waals surface area contributed by atoms with E-state index in [9.17, 15) is 4.79 Å². The quantitative estimate of drug-likeness (QED) is 0.902. The lowest BCUT2D eigenvalue weighted by Gasteiger charge is -2.39. The van der Waals surface area contributed by atoms with Crippen molar-refractivity contribution in [2.45, 2.75) is 31.4 Å². The van der Waals surface area contributed by atoms with Crippen LogP contribution in [0, 0.1) is 5.92 Å². The molecule has 0 unspecified atom stereocenters. The van der Waals surface area contributed by atoms with Gasteiger partial charge in [0.1, 0.15) is 0 Å². The molecule has 3 aliphatic rings. The van der Waals surface area contributed by atoms with Crippen molar-refractivity contribution in [1.29, 1.82) is 0 Å². The maximum atomic E-state index is 12.1. The van der Waals surface area contributed by atoms with Crippen LogP contribution in [-0.2, 0) is 16.0 Å². The van der Waals surface area contributed by atoms with Gasteiger partial charge in [-0.25, -0.2) is 0 Å². The van der Waals surface area contributed by atoms with E-state index >= 15 is 0 Å². The molecule has 106 valence electrons. The molecule has 20 heavy (non-hydrogen) atoms. The Balaban J connectivity index is 1.36. The average Bonchev–Trinajstić information content (AvgIpc) is 3.01. The first-order chi connectivity index (χ1) is 9.79. The van der Waals surface area contributed by atoms with Crippen molar-refractivity contribution in [3.8, 4) is 11.5 Å². The molecule has 2 aliphatic heterocycles. The normalized spacial score (nSPS) is 29.7. The minimum Gasteiger partial charge on any atom is -0.454 e. The molecule has 1 aliphatic carbocycles. The molecule has 5 heteroatoms. The molecule has 0 radical (unpaired) electrons. The van der Waals surface area contributed by atoms with E-state index in [1.54, 1.807) is 0 Å². The Kier molecular flexibility index (Phi) is 2.80. The summed E-state index contributed by atoms with van der Waals surface area (Å²) >= 11 is 0. The molecule has 2 fully saturated rings. The molecule has 1 saturated heterocycles. The van der Waals surface area contributed by atoms with Crippen molar-refractivity contribution in [1.82, 2.24) is 5.32 Å². The standard InChI is InChI=1S/C15H17NO4/c17-15(16-11-7-13-10(11)3-4-18-13)6-9-1-2-12-14(5-9)20-8-19-12/h1-2,5,10-11,13H,3-4,6-8H2,(H,16,17)/t10-,11+,13+/m1/s1. The van der Waals surface area contributed by atoms with Gasteiger partial charge in [0.05, 0.1) is 12.5 Å². The number of rotatable bonds is 3. The number of hydrogen-bond acceptors (Lipinski definition) is 4. The van der Waals surface area contributed by atoms with Crippen LogP contribution < -0.4 is 14.8 Å². The zero-order valence-electron chi connectivity index (χ0n) is 11.1. The minimum absolute atomic E-state index is 0.0687. The van der Waals surface area contributed by atoms with Crippen molar-refractivity contribution >= 4 is 5.91 Å². The highest BCUT2D eigenvalue weighted by Gasteiger charge is 2.45. The maximum absolute atomic E-state index is 12.1. The van der Waals surface area contributed by atoms with E-state index in [2.05, 4.69) is 5.32 Å². The molecular formula is C15H17NO4. The first kappa shape index (κ1) is 12.0. The van der Waals surface area contributed by atoms with E-state index in [4.69, 9.17) is 14.2 Å². The number of amides is 1. The number of benzene rings is 1. The van der Waals surface area contributed by atoms with Crippen LogP contribution in [0.1, 0.15) is 18.4 Å². The lowest BCUT2D eigenvalue weighted by Crippen LogP contribution is -2.53. The van der Waals surface area contributed by atoms with Gasteiger partial charge in [0, 0.05) is 18.6 Å². The summed E-state index contributed by atoms with van der Waals surface area (Å²) in [6.45, 7) is 1.10. The molecule has 1 amide bonds. The van der Waals surface area contributed by atoms with E-state index in [1.807, 2.05) is 18.2 Å². The molecule has 0 bridgehead atoms. The van der Waals surface area contributed by atoms with E-state index in [0.29, 0.717) is 24.5 Å². The van der Waals surface area contributed by atoms with Crippen molar-refractivity contribution in [2.24, 2.45) is 5.92 Å². The van der Waals surface area contributed by atoms with E-state index in [0.717, 1.165) is 36.5 Å². The number of carbonyl (C=O) groups is 1. The van der Waals surface area contributed by atoms with Crippen LogP contribution >= 0.6 is 0 Å². The number of nitrogens with one attached hydrogen (secondary N) is 1. The van der Waals surface area contributed by atoms with Gasteiger partial charge in [-0.3, -0.25) is 4.79 Å². The van der Waals surface area contributed by atoms with Crippen LogP contribution in [0.3, 0.4) is 0 Å². The summed E-state index contributed by atoms with van der Waals surface area (Å²) in [5.74, 6) is 2.07. The zero-order chi connectivity index (χ0) is 13.5. The van der Waals surface area contributed by atoms with E-state index in [-0.39, 0.29) is 12.7 Å². The largest absolute Gasteiger partial charge is 0.454 e. The van der Waals surface area contributed by atoms with Gasteiger partial charge in [0.2, 0.25) is 12.7 Å². The molecule has 1 aromatic rings. The highest BCUT2D eigenvalue weighted by atomic mass is 16.7. The molecule has 0 aromatic heterocycles. The molecule has 1 aromatic carbocycles. The third-order valence-corrected chi connectivity index (χ3v) is 4.41. The third-order valence-electron chi connectivity index (χ3n) is 4.41. The summed E-state index contributed by atoms with van der Waals surface area (Å²) in [6, 6.07) is 5.94. The topological polar surface area (TPSA) is 56.8 Å². The van der Waals surface area contributed by atoms with E-state index in [1.165, 1.54) is 0 Å². The van der Waals surface area contributed by atoms with Gasteiger partial charge in [-0.1, -0.05) is 6.07 Å². The Morgan fingerprint density at radius 1 is 1.30 bits per heavy atom. The van der Waals surface area contributed by atoms with Gasteiger partial charge in [0.15, 0.2) is 11.5 Å². The molecular weight excluding hydrogens is 258 g/mol. The molecule has 1 N–H and O–H groups in total. The predicted molar refractivity (Wildman–Crippen MR) is 70.7 cm³/mol. The third kappa shape index (κ3) is 2.02. The van der Waals surface area contributed by atoms with Crippen LogP contribution in [-0.4, -0.2) is 31.5 Å². The molecule has 3 atom stereocenters. The Morgan fingerprint density at radius 2 is 2.20 bits per heavy atom. The average molecular weight is 275 g/mol. The van der Waals surface area contributed by atoms with Gasteiger partial charge in [-0.05, 0) is 30.5 Å². The SMILES string of the molecule is O=C(Cc1ccc2c(c1)OCO2)N[C@H]1C[C@@H]2OCC[C@H]12. The van der Waals surface area contributed by atoms with Crippen molar-refractivity contribution in [3.63, 3.8) is 0 Å². The van der Waals surface area contributed by atoms with Gasteiger partial charge in [0.25, 0.3) is 0 Å². The number of hydrogen-bond donors (Lipinski definition) is 1. The van der Waals surface area contributed by atoms with Crippen molar-refractivity contribution in [2.75, 3.05) is 13.4 Å². The molecule has 1 saturated carbocycles. The molecule has 5 nitrogen and oxygen atoms in total. The highest BCUT2D eigenvalue weighted by Crippen LogP contribution is 2.38. The van der Waals surface area contributed by atoms with Gasteiger partial charge in [-0.15, -0.1) is 0 Å². The van der Waals surface area contributed by atoms with Crippen LogP contribution in [0.2, 0.25) is 0 Å². The Morgan fingerprint density at radius 3 is 3.10 bits per heavy atom. The van der Waals surface area contributed by atoms with E-state index < -0.39 is 0 Å².